The highest BCUT2D eigenvalue weighted by molar-refractivity contribution is 9.10. The van der Waals surface area contributed by atoms with Crippen LogP contribution in [-0.4, -0.2) is 42.9 Å². The molecule has 4 bridgehead atoms. The molecular formula is C23H27BrClFN4O4S. The SMILES string of the molecule is C=C1CN(c2c(F)cc(Cl)cc2Br)S(=O)(=O)N(N(NC(C)=O)C(=O)C23CC4CC(CC(C4)C2)C3)C1. The number of rotatable bonds is 3. The topological polar surface area (TPSA) is 90.0 Å². The number of carbonyl (C=O) groups is 2. The Morgan fingerprint density at radius 1 is 1.17 bits per heavy atom. The summed E-state index contributed by atoms with van der Waals surface area (Å²) in [4.78, 5) is 26.3. The maximum Gasteiger partial charge on any atom is 0.323 e. The first-order chi connectivity index (χ1) is 16.4. The second-order valence-electron chi connectivity index (χ2n) is 10.4. The maximum absolute atomic E-state index is 14.9. The molecule has 5 fully saturated rings. The number of halogens is 3. The second-order valence-corrected chi connectivity index (χ2v) is 13.5. The molecule has 1 aromatic carbocycles. The summed E-state index contributed by atoms with van der Waals surface area (Å²) in [5, 5.41) is 0.948. The lowest BCUT2D eigenvalue weighted by Crippen LogP contribution is -2.67. The third kappa shape index (κ3) is 4.28. The molecule has 1 aromatic rings. The summed E-state index contributed by atoms with van der Waals surface area (Å²) < 4.78 is 44.4. The first kappa shape index (κ1) is 25.0. The molecule has 0 spiro atoms. The summed E-state index contributed by atoms with van der Waals surface area (Å²) in [7, 11) is -4.49. The average molecular weight is 590 g/mol. The summed E-state index contributed by atoms with van der Waals surface area (Å²) in [6.45, 7) is 4.75. The van der Waals surface area contributed by atoms with Gasteiger partial charge in [-0.1, -0.05) is 22.6 Å². The molecule has 1 heterocycles. The summed E-state index contributed by atoms with van der Waals surface area (Å²) in [6.07, 6.45) is 5.35. The van der Waals surface area contributed by atoms with Crippen LogP contribution in [0.15, 0.2) is 28.8 Å². The molecule has 0 atom stereocenters. The van der Waals surface area contributed by atoms with Crippen LogP contribution in [0.1, 0.15) is 45.4 Å². The molecule has 1 N–H and O–H groups in total. The van der Waals surface area contributed by atoms with Crippen molar-refractivity contribution in [3.8, 4) is 0 Å². The number of anilines is 1. The van der Waals surface area contributed by atoms with E-state index in [-0.39, 0.29) is 28.3 Å². The summed E-state index contributed by atoms with van der Waals surface area (Å²) in [5.74, 6) is -0.546. The van der Waals surface area contributed by atoms with Crippen molar-refractivity contribution in [2.75, 3.05) is 17.4 Å². The number of hydrogen-bond donors (Lipinski definition) is 1. The van der Waals surface area contributed by atoms with Gasteiger partial charge in [0.15, 0.2) is 0 Å². The third-order valence-electron chi connectivity index (χ3n) is 7.67. The van der Waals surface area contributed by atoms with Crippen molar-refractivity contribution in [2.24, 2.45) is 23.2 Å². The van der Waals surface area contributed by atoms with E-state index in [1.807, 2.05) is 0 Å². The fraction of sp³-hybridized carbons (Fsp3) is 0.565. The summed E-state index contributed by atoms with van der Waals surface area (Å²) >= 11 is 9.13. The van der Waals surface area contributed by atoms with Crippen molar-refractivity contribution < 1.29 is 22.4 Å². The molecule has 0 radical (unpaired) electrons. The highest BCUT2D eigenvalue weighted by Crippen LogP contribution is 2.60. The number of nitrogens with one attached hydrogen (secondary N) is 1. The van der Waals surface area contributed by atoms with Crippen LogP contribution in [0.2, 0.25) is 5.02 Å². The lowest BCUT2D eigenvalue weighted by Gasteiger charge is -2.57. The Balaban J connectivity index is 1.55. The van der Waals surface area contributed by atoms with E-state index >= 15 is 0 Å². The van der Waals surface area contributed by atoms with Crippen LogP contribution in [0.4, 0.5) is 10.1 Å². The molecule has 0 aromatic heterocycles. The van der Waals surface area contributed by atoms with Gasteiger partial charge >= 0.3 is 10.2 Å². The lowest BCUT2D eigenvalue weighted by molar-refractivity contribution is -0.176. The van der Waals surface area contributed by atoms with E-state index < -0.39 is 33.3 Å². The number of amides is 2. The van der Waals surface area contributed by atoms with Crippen molar-refractivity contribution in [1.82, 2.24) is 15.0 Å². The smallest absolute Gasteiger partial charge is 0.274 e. The van der Waals surface area contributed by atoms with Gasteiger partial charge in [0.05, 0.1) is 18.5 Å². The van der Waals surface area contributed by atoms with Crippen molar-refractivity contribution in [1.29, 1.82) is 0 Å². The van der Waals surface area contributed by atoms with Crippen LogP contribution in [0.25, 0.3) is 0 Å². The Hall–Kier alpha value is -1.69. The Morgan fingerprint density at radius 3 is 2.26 bits per heavy atom. The maximum atomic E-state index is 14.9. The van der Waals surface area contributed by atoms with Gasteiger partial charge < -0.3 is 0 Å². The molecule has 1 saturated heterocycles. The van der Waals surface area contributed by atoms with Crippen molar-refractivity contribution in [3.63, 3.8) is 0 Å². The lowest BCUT2D eigenvalue weighted by atomic mass is 9.49. The zero-order valence-electron chi connectivity index (χ0n) is 19.3. The zero-order chi connectivity index (χ0) is 25.3. The first-order valence-electron chi connectivity index (χ1n) is 11.6. The number of hydrogen-bond acceptors (Lipinski definition) is 4. The molecule has 1 aliphatic heterocycles. The van der Waals surface area contributed by atoms with Gasteiger partial charge in [-0.25, -0.2) is 14.1 Å². The monoisotopic (exact) mass is 588 g/mol. The van der Waals surface area contributed by atoms with Crippen molar-refractivity contribution >= 4 is 55.2 Å². The molecule has 4 saturated carbocycles. The van der Waals surface area contributed by atoms with Gasteiger partial charge in [-0.05, 0) is 89.9 Å². The van der Waals surface area contributed by atoms with E-state index in [1.54, 1.807) is 0 Å². The Morgan fingerprint density at radius 2 is 1.74 bits per heavy atom. The van der Waals surface area contributed by atoms with Crippen LogP contribution in [0, 0.1) is 29.0 Å². The largest absolute Gasteiger partial charge is 0.323 e. The molecule has 2 amide bonds. The van der Waals surface area contributed by atoms with Crippen LogP contribution in [-0.2, 0) is 19.8 Å². The fourth-order valence-corrected chi connectivity index (χ4v) is 9.58. The third-order valence-corrected chi connectivity index (χ3v) is 10.2. The molecule has 35 heavy (non-hydrogen) atoms. The minimum absolute atomic E-state index is 0.0973. The second kappa shape index (κ2) is 8.71. The van der Waals surface area contributed by atoms with Gasteiger partial charge in [0.25, 0.3) is 5.91 Å². The molecule has 0 unspecified atom stereocenters. The normalized spacial score (nSPS) is 31.5. The van der Waals surface area contributed by atoms with E-state index in [1.165, 1.54) is 13.0 Å². The Bertz CT molecular complexity index is 1170. The van der Waals surface area contributed by atoms with Gasteiger partial charge in [-0.2, -0.15) is 13.5 Å². The van der Waals surface area contributed by atoms with Crippen molar-refractivity contribution in [3.05, 3.63) is 39.6 Å². The predicted molar refractivity (Wildman–Crippen MR) is 132 cm³/mol. The molecule has 6 rings (SSSR count). The average Bonchev–Trinajstić information content (AvgIpc) is 2.72. The molecule has 8 nitrogen and oxygen atoms in total. The van der Waals surface area contributed by atoms with E-state index in [9.17, 15) is 22.4 Å². The quantitative estimate of drug-likeness (QED) is 0.423. The highest BCUT2D eigenvalue weighted by atomic mass is 79.9. The standard InChI is InChI=1S/C23H27BrClFN4O4S/c1-13-11-28(21-19(24)6-18(25)7-20(21)26)35(33,34)29(12-13)30(27-14(2)31)22(32)23-8-15-3-16(9-23)5-17(4-15)10-23/h6-7,15-17H,1,3-5,8-12H2,2H3,(H,27,31). The Kier molecular flexibility index (Phi) is 6.22. The van der Waals surface area contributed by atoms with Crippen LogP contribution in [0.5, 0.6) is 0 Å². The molecular weight excluding hydrogens is 563 g/mol. The highest BCUT2D eigenvalue weighted by Gasteiger charge is 2.57. The summed E-state index contributed by atoms with van der Waals surface area (Å²) in [6, 6.07) is 2.41. The van der Waals surface area contributed by atoms with Crippen molar-refractivity contribution in [2.45, 2.75) is 45.4 Å². The molecule has 190 valence electrons. The van der Waals surface area contributed by atoms with Crippen LogP contribution in [0.3, 0.4) is 0 Å². The first-order valence-corrected chi connectivity index (χ1v) is 14.2. The predicted octanol–water partition coefficient (Wildman–Crippen LogP) is 4.18. The van der Waals surface area contributed by atoms with Gasteiger partial charge in [-0.3, -0.25) is 9.59 Å². The number of hydrazine groups is 2. The van der Waals surface area contributed by atoms with Crippen LogP contribution >= 0.6 is 27.5 Å². The number of nitrogens with zero attached hydrogens (tertiary/aromatic N) is 3. The van der Waals surface area contributed by atoms with E-state index in [2.05, 4.69) is 27.9 Å². The minimum Gasteiger partial charge on any atom is -0.274 e. The molecule has 4 aliphatic carbocycles. The summed E-state index contributed by atoms with van der Waals surface area (Å²) in [5.41, 5.74) is 1.92. The Labute approximate surface area is 217 Å². The van der Waals surface area contributed by atoms with Crippen LogP contribution < -0.4 is 9.73 Å². The zero-order valence-corrected chi connectivity index (χ0v) is 22.4. The fourth-order valence-electron chi connectivity index (χ4n) is 6.82. The minimum atomic E-state index is -4.49. The van der Waals surface area contributed by atoms with Gasteiger partial charge in [0.2, 0.25) is 5.91 Å². The van der Waals surface area contributed by atoms with E-state index in [0.717, 1.165) is 39.2 Å². The molecule has 12 heteroatoms. The molecule has 5 aliphatic rings. The van der Waals surface area contributed by atoms with E-state index in [0.29, 0.717) is 42.6 Å². The number of carbonyl (C=O) groups excluding carboxylic acids is 2. The van der Waals surface area contributed by atoms with E-state index in [4.69, 9.17) is 11.6 Å². The van der Waals surface area contributed by atoms with Gasteiger partial charge in [0.1, 0.15) is 11.5 Å². The van der Waals surface area contributed by atoms with Gasteiger partial charge in [-0.15, -0.1) is 0 Å². The number of benzene rings is 1. The van der Waals surface area contributed by atoms with Gasteiger partial charge in [0, 0.05) is 16.4 Å².